The van der Waals surface area contributed by atoms with Gasteiger partial charge in [0.25, 0.3) is 0 Å². The molecule has 0 aliphatic rings. The first-order chi connectivity index (χ1) is 19.8. The summed E-state index contributed by atoms with van der Waals surface area (Å²) in [5.41, 5.74) is 3.05. The average Bonchev–Trinajstić information content (AvgIpc) is 3.65. The number of aromatic nitrogens is 3. The average molecular weight is 550 g/mol. The van der Waals surface area contributed by atoms with Crippen molar-refractivity contribution in [3.8, 4) is 17.6 Å². The molecular weight excluding hydrogens is 531 g/mol. The van der Waals surface area contributed by atoms with E-state index in [0.29, 0.717) is 11.8 Å². The number of nitrogens with zero attached hydrogens (tertiary/aromatic N) is 3. The van der Waals surface area contributed by atoms with Gasteiger partial charge in [0.15, 0.2) is 0 Å². The molecular formula is C34H19N3OS2. The molecule has 5 aromatic carbocycles. The van der Waals surface area contributed by atoms with Gasteiger partial charge in [-0.15, -0.1) is 22.7 Å². The number of hydrogen-bond donors (Lipinski definition) is 0. The Labute approximate surface area is 236 Å². The van der Waals surface area contributed by atoms with E-state index in [4.69, 9.17) is 14.7 Å². The lowest BCUT2D eigenvalue weighted by atomic mass is 10.1. The molecule has 0 spiro atoms. The number of ether oxygens (including phenoxy) is 1. The lowest BCUT2D eigenvalue weighted by Crippen LogP contribution is -2.03. The Morgan fingerprint density at radius 3 is 2.20 bits per heavy atom. The van der Waals surface area contributed by atoms with Gasteiger partial charge >= 0.3 is 0 Å². The third-order valence-corrected chi connectivity index (χ3v) is 10.0. The molecule has 0 saturated carbocycles. The Kier molecular flexibility index (Phi) is 4.61. The Balaban J connectivity index is 1.40. The summed E-state index contributed by atoms with van der Waals surface area (Å²) in [5.74, 6) is 1.89. The SMILES string of the molecule is c1ccc(Oc2nc(-n3c4ccccc4c4ccc5c(sc6sc7ccccc7c65)c43)nc3ccccc23)cc1. The van der Waals surface area contributed by atoms with Gasteiger partial charge in [0, 0.05) is 31.6 Å². The van der Waals surface area contributed by atoms with Crippen molar-refractivity contribution in [3.05, 3.63) is 115 Å². The number of para-hydroxylation sites is 3. The summed E-state index contributed by atoms with van der Waals surface area (Å²) < 4.78 is 12.5. The highest BCUT2D eigenvalue weighted by Crippen LogP contribution is 2.48. The molecule has 0 unspecified atom stereocenters. The quantitative estimate of drug-likeness (QED) is 0.220. The Bertz CT molecular complexity index is 2420. The third-order valence-electron chi connectivity index (χ3n) is 7.53. The molecule has 40 heavy (non-hydrogen) atoms. The Morgan fingerprint density at radius 1 is 0.575 bits per heavy atom. The van der Waals surface area contributed by atoms with E-state index in [9.17, 15) is 0 Å². The standard InChI is InChI=1S/C34H19N3OS2/c1-2-10-20(11-3-1)38-32-23-13-4-7-15-26(23)35-34(36-32)37-27-16-8-5-12-21(27)22-18-19-25-29-24-14-6-9-17-28(24)39-33(29)40-31(25)30(22)37/h1-19H. The second-order valence-electron chi connectivity index (χ2n) is 9.81. The highest BCUT2D eigenvalue weighted by Gasteiger charge is 2.22. The van der Waals surface area contributed by atoms with E-state index in [1.54, 1.807) is 0 Å². The topological polar surface area (TPSA) is 39.9 Å². The maximum absolute atomic E-state index is 6.37. The molecule has 0 radical (unpaired) electrons. The van der Waals surface area contributed by atoms with Crippen LogP contribution in [0.2, 0.25) is 0 Å². The first-order valence-electron chi connectivity index (χ1n) is 13.1. The lowest BCUT2D eigenvalue weighted by Gasteiger charge is -2.12. The van der Waals surface area contributed by atoms with E-state index >= 15 is 0 Å². The van der Waals surface area contributed by atoms with Crippen LogP contribution < -0.4 is 4.74 Å². The summed E-state index contributed by atoms with van der Waals surface area (Å²) in [4.78, 5) is 10.2. The maximum Gasteiger partial charge on any atom is 0.238 e. The van der Waals surface area contributed by atoms with Crippen LogP contribution in [0, 0.1) is 0 Å². The second-order valence-corrected chi connectivity index (χ2v) is 12.1. The largest absolute Gasteiger partial charge is 0.438 e. The number of fused-ring (bicyclic) bond motifs is 10. The molecule has 0 bridgehead atoms. The van der Waals surface area contributed by atoms with Crippen molar-refractivity contribution in [2.24, 2.45) is 0 Å². The minimum absolute atomic E-state index is 0.545. The monoisotopic (exact) mass is 549 g/mol. The smallest absolute Gasteiger partial charge is 0.238 e. The highest BCUT2D eigenvalue weighted by molar-refractivity contribution is 7.45. The molecule has 9 aromatic rings. The van der Waals surface area contributed by atoms with Crippen molar-refractivity contribution >= 4 is 85.0 Å². The lowest BCUT2D eigenvalue weighted by molar-refractivity contribution is 0.467. The number of rotatable bonds is 3. The summed E-state index contributed by atoms with van der Waals surface area (Å²) in [5, 5.41) is 7.19. The fourth-order valence-corrected chi connectivity index (χ4v) is 8.51. The van der Waals surface area contributed by atoms with Crippen LogP contribution in [0.1, 0.15) is 0 Å². The Hall–Kier alpha value is -4.78. The van der Waals surface area contributed by atoms with Gasteiger partial charge in [-0.2, -0.15) is 4.98 Å². The van der Waals surface area contributed by atoms with Crippen LogP contribution in [0.3, 0.4) is 0 Å². The van der Waals surface area contributed by atoms with Gasteiger partial charge in [0.1, 0.15) is 5.75 Å². The van der Waals surface area contributed by atoms with Gasteiger partial charge < -0.3 is 4.74 Å². The van der Waals surface area contributed by atoms with Crippen LogP contribution in [0.15, 0.2) is 115 Å². The highest BCUT2D eigenvalue weighted by atomic mass is 32.2. The fourth-order valence-electron chi connectivity index (χ4n) is 5.79. The van der Waals surface area contributed by atoms with Gasteiger partial charge in [-0.25, -0.2) is 4.98 Å². The zero-order valence-electron chi connectivity index (χ0n) is 21.0. The van der Waals surface area contributed by atoms with Crippen LogP contribution in [0.25, 0.3) is 68.2 Å². The molecule has 188 valence electrons. The van der Waals surface area contributed by atoms with E-state index in [2.05, 4.69) is 65.2 Å². The third kappa shape index (κ3) is 3.11. The van der Waals surface area contributed by atoms with Gasteiger partial charge in [-0.3, -0.25) is 4.57 Å². The van der Waals surface area contributed by atoms with E-state index in [-0.39, 0.29) is 0 Å². The van der Waals surface area contributed by atoms with Crippen LogP contribution >= 0.6 is 22.7 Å². The summed E-state index contributed by atoms with van der Waals surface area (Å²) in [6.45, 7) is 0. The van der Waals surface area contributed by atoms with Crippen molar-refractivity contribution in [1.82, 2.24) is 14.5 Å². The molecule has 4 heterocycles. The Morgan fingerprint density at radius 2 is 1.30 bits per heavy atom. The molecule has 0 aliphatic carbocycles. The molecule has 0 N–H and O–H groups in total. The molecule has 9 rings (SSSR count). The van der Waals surface area contributed by atoms with Gasteiger partial charge in [0.05, 0.1) is 30.6 Å². The predicted octanol–water partition coefficient (Wildman–Crippen LogP) is 10.1. The zero-order chi connectivity index (χ0) is 26.2. The molecule has 0 saturated heterocycles. The van der Waals surface area contributed by atoms with Crippen molar-refractivity contribution < 1.29 is 4.74 Å². The van der Waals surface area contributed by atoms with E-state index in [1.165, 1.54) is 40.3 Å². The van der Waals surface area contributed by atoms with Gasteiger partial charge in [-0.05, 0) is 36.4 Å². The first kappa shape index (κ1) is 22.1. The van der Waals surface area contributed by atoms with E-state index in [1.807, 2.05) is 77.3 Å². The van der Waals surface area contributed by atoms with Gasteiger partial charge in [-0.1, -0.05) is 78.9 Å². The van der Waals surface area contributed by atoms with Crippen LogP contribution in [0.4, 0.5) is 0 Å². The summed E-state index contributed by atoms with van der Waals surface area (Å²) in [7, 11) is 0. The molecule has 6 heteroatoms. The molecule has 0 aliphatic heterocycles. The minimum Gasteiger partial charge on any atom is -0.438 e. The van der Waals surface area contributed by atoms with Crippen molar-refractivity contribution in [2.45, 2.75) is 0 Å². The van der Waals surface area contributed by atoms with Crippen LogP contribution in [-0.2, 0) is 0 Å². The normalized spacial score (nSPS) is 12.0. The fraction of sp³-hybridized carbons (Fsp3) is 0. The van der Waals surface area contributed by atoms with Crippen LogP contribution in [-0.4, -0.2) is 14.5 Å². The van der Waals surface area contributed by atoms with Gasteiger partial charge in [0.2, 0.25) is 11.8 Å². The zero-order valence-corrected chi connectivity index (χ0v) is 22.7. The molecule has 4 nitrogen and oxygen atoms in total. The summed E-state index contributed by atoms with van der Waals surface area (Å²) in [6.07, 6.45) is 0. The summed E-state index contributed by atoms with van der Waals surface area (Å²) >= 11 is 3.73. The number of thiophene rings is 2. The van der Waals surface area contributed by atoms with Crippen LogP contribution in [0.5, 0.6) is 11.6 Å². The molecule has 0 fully saturated rings. The van der Waals surface area contributed by atoms with Crippen molar-refractivity contribution in [1.29, 1.82) is 0 Å². The predicted molar refractivity (Wildman–Crippen MR) is 169 cm³/mol. The molecule has 4 aromatic heterocycles. The number of benzene rings is 5. The number of hydrogen-bond acceptors (Lipinski definition) is 5. The van der Waals surface area contributed by atoms with Crippen molar-refractivity contribution in [3.63, 3.8) is 0 Å². The van der Waals surface area contributed by atoms with E-state index in [0.717, 1.165) is 27.7 Å². The van der Waals surface area contributed by atoms with E-state index < -0.39 is 0 Å². The van der Waals surface area contributed by atoms with Crippen molar-refractivity contribution in [2.75, 3.05) is 0 Å². The first-order valence-corrected chi connectivity index (χ1v) is 14.7. The molecule has 0 amide bonds. The molecule has 0 atom stereocenters. The summed E-state index contributed by atoms with van der Waals surface area (Å²) in [6, 6.07) is 39.6. The minimum atomic E-state index is 0.545. The maximum atomic E-state index is 6.37. The second kappa shape index (κ2) is 8.36.